The smallest absolute Gasteiger partial charge is 0.291 e. The highest BCUT2D eigenvalue weighted by molar-refractivity contribution is 7.19. The number of benzene rings is 1. The standard InChI is InChI=1S/C21H22N4O3S/c1-4-19-23-24(12-20(26)22-11-14-7-5-6-8-17(14)28-3)21(27)16-10-18-15(25(16)19)9-13(2)29-18/h5-10H,4,11-12H2,1-3H3,(H,22,26). The SMILES string of the molecule is CCc1nn(CC(=O)NCc2ccccc2OC)c(=O)c2cc3sc(C)cc3n12. The summed E-state index contributed by atoms with van der Waals surface area (Å²) in [5.41, 5.74) is 2.15. The zero-order valence-corrected chi connectivity index (χ0v) is 17.4. The summed E-state index contributed by atoms with van der Waals surface area (Å²) in [6.45, 7) is 4.22. The summed E-state index contributed by atoms with van der Waals surface area (Å²) in [5.74, 6) is 1.19. The minimum absolute atomic E-state index is 0.130. The number of thiophene rings is 1. The van der Waals surface area contributed by atoms with E-state index in [0.29, 0.717) is 24.2 Å². The van der Waals surface area contributed by atoms with Crippen molar-refractivity contribution in [3.8, 4) is 5.75 Å². The summed E-state index contributed by atoms with van der Waals surface area (Å²) in [4.78, 5) is 26.6. The number of nitrogens with zero attached hydrogens (tertiary/aromatic N) is 3. The van der Waals surface area contributed by atoms with E-state index in [1.807, 2.05) is 48.6 Å². The topological polar surface area (TPSA) is 77.6 Å². The van der Waals surface area contributed by atoms with Crippen molar-refractivity contribution in [2.75, 3.05) is 7.11 Å². The molecule has 0 spiro atoms. The molecule has 8 heteroatoms. The van der Waals surface area contributed by atoms with Gasteiger partial charge in [0.25, 0.3) is 5.56 Å². The number of hydrogen-bond donors (Lipinski definition) is 1. The van der Waals surface area contributed by atoms with Crippen LogP contribution < -0.4 is 15.6 Å². The monoisotopic (exact) mass is 410 g/mol. The summed E-state index contributed by atoms with van der Waals surface area (Å²) >= 11 is 1.65. The van der Waals surface area contributed by atoms with Crippen LogP contribution in [0.1, 0.15) is 23.2 Å². The summed E-state index contributed by atoms with van der Waals surface area (Å²) in [6, 6.07) is 11.4. The van der Waals surface area contributed by atoms with Crippen LogP contribution in [0.25, 0.3) is 15.7 Å². The molecule has 7 nitrogen and oxygen atoms in total. The molecule has 0 saturated carbocycles. The molecule has 0 saturated heterocycles. The lowest BCUT2D eigenvalue weighted by atomic mass is 10.2. The zero-order chi connectivity index (χ0) is 20.5. The Morgan fingerprint density at radius 1 is 1.24 bits per heavy atom. The van der Waals surface area contributed by atoms with Crippen LogP contribution in [0.2, 0.25) is 0 Å². The highest BCUT2D eigenvalue weighted by Gasteiger charge is 2.16. The van der Waals surface area contributed by atoms with Gasteiger partial charge in [-0.05, 0) is 25.1 Å². The largest absolute Gasteiger partial charge is 0.496 e. The first-order valence-corrected chi connectivity index (χ1v) is 10.2. The van der Waals surface area contributed by atoms with E-state index in [-0.39, 0.29) is 18.0 Å². The van der Waals surface area contributed by atoms with Gasteiger partial charge in [-0.3, -0.25) is 14.0 Å². The van der Waals surface area contributed by atoms with E-state index in [0.717, 1.165) is 21.6 Å². The Kier molecular flexibility index (Phi) is 5.10. The van der Waals surface area contributed by atoms with Crippen LogP contribution in [0.5, 0.6) is 5.75 Å². The number of carbonyl (C=O) groups is 1. The van der Waals surface area contributed by atoms with Gasteiger partial charge in [0.15, 0.2) is 0 Å². The van der Waals surface area contributed by atoms with Crippen molar-refractivity contribution >= 4 is 33.0 Å². The van der Waals surface area contributed by atoms with E-state index in [2.05, 4.69) is 16.5 Å². The third-order valence-electron chi connectivity index (χ3n) is 4.84. The number of aryl methyl sites for hydroxylation is 2. The third kappa shape index (κ3) is 3.51. The van der Waals surface area contributed by atoms with Gasteiger partial charge in [-0.25, -0.2) is 4.68 Å². The number of amides is 1. The Bertz CT molecular complexity index is 1270. The number of aromatic nitrogens is 3. The van der Waals surface area contributed by atoms with Gasteiger partial charge in [0.1, 0.15) is 23.6 Å². The number of ether oxygens (including phenoxy) is 1. The highest BCUT2D eigenvalue weighted by Crippen LogP contribution is 2.28. The molecule has 0 aliphatic carbocycles. The fourth-order valence-corrected chi connectivity index (χ4v) is 4.43. The molecule has 150 valence electrons. The van der Waals surface area contributed by atoms with Crippen LogP contribution in [-0.4, -0.2) is 27.2 Å². The lowest BCUT2D eigenvalue weighted by Crippen LogP contribution is -2.35. The summed E-state index contributed by atoms with van der Waals surface area (Å²) in [7, 11) is 1.59. The molecule has 3 aromatic heterocycles. The zero-order valence-electron chi connectivity index (χ0n) is 16.6. The fraction of sp³-hybridized carbons (Fsp3) is 0.286. The van der Waals surface area contributed by atoms with Crippen molar-refractivity contribution in [3.05, 3.63) is 63.0 Å². The van der Waals surface area contributed by atoms with Gasteiger partial charge in [0.2, 0.25) is 5.91 Å². The molecule has 29 heavy (non-hydrogen) atoms. The summed E-state index contributed by atoms with van der Waals surface area (Å²) < 4.78 is 9.51. The molecule has 0 aliphatic heterocycles. The van der Waals surface area contributed by atoms with Crippen LogP contribution in [0, 0.1) is 6.92 Å². The van der Waals surface area contributed by atoms with Gasteiger partial charge in [-0.1, -0.05) is 25.1 Å². The van der Waals surface area contributed by atoms with E-state index < -0.39 is 0 Å². The number of nitrogens with one attached hydrogen (secondary N) is 1. The first kappa shape index (κ1) is 19.2. The number of fused-ring (bicyclic) bond motifs is 3. The molecule has 0 atom stereocenters. The molecule has 0 unspecified atom stereocenters. The van der Waals surface area contributed by atoms with Crippen molar-refractivity contribution in [3.63, 3.8) is 0 Å². The van der Waals surface area contributed by atoms with Crippen molar-refractivity contribution in [1.82, 2.24) is 19.5 Å². The lowest BCUT2D eigenvalue weighted by molar-refractivity contribution is -0.122. The average molecular weight is 410 g/mol. The number of rotatable bonds is 6. The highest BCUT2D eigenvalue weighted by atomic mass is 32.1. The van der Waals surface area contributed by atoms with Crippen LogP contribution in [0.15, 0.2) is 41.2 Å². The molecule has 0 aliphatic rings. The molecule has 1 aromatic carbocycles. The van der Waals surface area contributed by atoms with Crippen molar-refractivity contribution < 1.29 is 9.53 Å². The Morgan fingerprint density at radius 3 is 2.79 bits per heavy atom. The second-order valence-corrected chi connectivity index (χ2v) is 8.08. The minimum atomic E-state index is -0.277. The van der Waals surface area contributed by atoms with Crippen molar-refractivity contribution in [1.29, 1.82) is 0 Å². The molecule has 0 fully saturated rings. The average Bonchev–Trinajstić information content (AvgIpc) is 3.25. The van der Waals surface area contributed by atoms with Gasteiger partial charge in [-0.2, -0.15) is 5.10 Å². The Hall–Kier alpha value is -3.13. The van der Waals surface area contributed by atoms with Gasteiger partial charge >= 0.3 is 0 Å². The number of methoxy groups -OCH3 is 1. The predicted molar refractivity (Wildman–Crippen MR) is 114 cm³/mol. The van der Waals surface area contributed by atoms with Crippen molar-refractivity contribution in [2.45, 2.75) is 33.4 Å². The van der Waals surface area contributed by atoms with Gasteiger partial charge in [0.05, 0.1) is 17.3 Å². The minimum Gasteiger partial charge on any atom is -0.496 e. The maximum absolute atomic E-state index is 12.9. The molecular weight excluding hydrogens is 388 g/mol. The van der Waals surface area contributed by atoms with Crippen LogP contribution in [0.3, 0.4) is 0 Å². The van der Waals surface area contributed by atoms with Crippen LogP contribution in [0.4, 0.5) is 0 Å². The molecule has 4 rings (SSSR count). The first-order valence-electron chi connectivity index (χ1n) is 9.42. The normalized spacial score (nSPS) is 11.3. The quantitative estimate of drug-likeness (QED) is 0.530. The number of hydrogen-bond acceptors (Lipinski definition) is 5. The molecule has 3 heterocycles. The second kappa shape index (κ2) is 7.71. The first-order chi connectivity index (χ1) is 14.0. The lowest BCUT2D eigenvalue weighted by Gasteiger charge is -2.11. The van der Waals surface area contributed by atoms with Gasteiger partial charge in [0, 0.05) is 23.4 Å². The van der Waals surface area contributed by atoms with E-state index in [4.69, 9.17) is 4.74 Å². The van der Waals surface area contributed by atoms with Gasteiger partial charge < -0.3 is 10.1 Å². The van der Waals surface area contributed by atoms with Gasteiger partial charge in [-0.15, -0.1) is 11.3 Å². The molecule has 1 N–H and O–H groups in total. The molecule has 4 aromatic rings. The summed E-state index contributed by atoms with van der Waals surface area (Å²) in [6.07, 6.45) is 0.651. The number of carbonyl (C=O) groups excluding carboxylic acids is 1. The molecule has 1 amide bonds. The maximum atomic E-state index is 12.9. The van der Waals surface area contributed by atoms with E-state index in [1.54, 1.807) is 18.4 Å². The second-order valence-electron chi connectivity index (χ2n) is 6.79. The molecule has 0 bridgehead atoms. The predicted octanol–water partition coefficient (Wildman–Crippen LogP) is 2.91. The Morgan fingerprint density at radius 2 is 2.03 bits per heavy atom. The number of para-hydroxylation sites is 1. The summed E-state index contributed by atoms with van der Waals surface area (Å²) in [5, 5.41) is 7.31. The van der Waals surface area contributed by atoms with Crippen LogP contribution >= 0.6 is 11.3 Å². The molecule has 0 radical (unpaired) electrons. The van der Waals surface area contributed by atoms with Crippen molar-refractivity contribution in [2.24, 2.45) is 0 Å². The maximum Gasteiger partial charge on any atom is 0.291 e. The van der Waals surface area contributed by atoms with E-state index in [9.17, 15) is 9.59 Å². The van der Waals surface area contributed by atoms with E-state index >= 15 is 0 Å². The molecular formula is C21H22N4O3S. The fourth-order valence-electron chi connectivity index (χ4n) is 3.48. The Balaban J connectivity index is 1.61. The van der Waals surface area contributed by atoms with E-state index in [1.165, 1.54) is 9.56 Å². The third-order valence-corrected chi connectivity index (χ3v) is 5.83. The van der Waals surface area contributed by atoms with Crippen LogP contribution in [-0.2, 0) is 24.3 Å². The Labute approximate surface area is 171 Å².